The van der Waals surface area contributed by atoms with Gasteiger partial charge in [0.25, 0.3) is 0 Å². The highest BCUT2D eigenvalue weighted by Crippen LogP contribution is 2.22. The van der Waals surface area contributed by atoms with Crippen molar-refractivity contribution in [2.75, 3.05) is 18.8 Å². The summed E-state index contributed by atoms with van der Waals surface area (Å²) in [6, 6.07) is 8.39. The number of sulfonamides is 1. The molecule has 1 aliphatic heterocycles. The molecule has 0 unspecified atom stereocenters. The Kier molecular flexibility index (Phi) is 4.98. The lowest BCUT2D eigenvalue weighted by molar-refractivity contribution is 0.168. The molecule has 2 heterocycles. The molecule has 1 aromatic heterocycles. The van der Waals surface area contributed by atoms with Gasteiger partial charge in [0.2, 0.25) is 10.0 Å². The summed E-state index contributed by atoms with van der Waals surface area (Å²) in [5.41, 5.74) is 1.93. The molecule has 0 saturated heterocycles. The molecule has 0 aliphatic carbocycles. The van der Waals surface area contributed by atoms with E-state index in [0.29, 0.717) is 26.2 Å². The smallest absolute Gasteiger partial charge is 0.211 e. The van der Waals surface area contributed by atoms with Crippen molar-refractivity contribution in [3.63, 3.8) is 0 Å². The van der Waals surface area contributed by atoms with E-state index < -0.39 is 10.0 Å². The molecule has 24 heavy (non-hydrogen) atoms. The van der Waals surface area contributed by atoms with Gasteiger partial charge < -0.3 is 0 Å². The summed E-state index contributed by atoms with van der Waals surface area (Å²) in [6.45, 7) is 3.87. The van der Waals surface area contributed by atoms with E-state index in [9.17, 15) is 12.8 Å². The first kappa shape index (κ1) is 17.1. The highest BCUT2D eigenvalue weighted by Gasteiger charge is 2.26. The number of aromatic nitrogens is 2. The van der Waals surface area contributed by atoms with Gasteiger partial charge in [0.1, 0.15) is 5.82 Å². The number of hydrogen-bond acceptors (Lipinski definition) is 4. The molecule has 0 radical (unpaired) electrons. The molecule has 1 aromatic carbocycles. The maximum Gasteiger partial charge on any atom is 0.211 e. The molecule has 0 fully saturated rings. The van der Waals surface area contributed by atoms with Crippen molar-refractivity contribution in [2.24, 2.45) is 0 Å². The molecule has 6 nitrogen and oxygen atoms in total. The summed E-state index contributed by atoms with van der Waals surface area (Å²) in [5.74, 6) is -0.194. The molecule has 8 heteroatoms. The second-order valence-corrected chi connectivity index (χ2v) is 8.07. The first-order valence-electron chi connectivity index (χ1n) is 7.93. The maximum absolute atomic E-state index is 13.4. The van der Waals surface area contributed by atoms with Gasteiger partial charge in [-0.2, -0.15) is 5.10 Å². The van der Waals surface area contributed by atoms with Crippen LogP contribution in [-0.2, 0) is 23.1 Å². The zero-order chi connectivity index (χ0) is 17.2. The van der Waals surface area contributed by atoms with E-state index >= 15 is 0 Å². The molecule has 1 N–H and O–H groups in total. The topological polar surface area (TPSA) is 67.2 Å². The Balaban J connectivity index is 1.73. The molecule has 1 atom stereocenters. The number of fused-ring (bicyclic) bond motifs is 1. The average Bonchev–Trinajstić information content (AvgIpc) is 3.01. The molecule has 0 spiro atoms. The van der Waals surface area contributed by atoms with Crippen LogP contribution in [0.25, 0.3) is 0 Å². The summed E-state index contributed by atoms with van der Waals surface area (Å²) in [6.07, 6.45) is 1.72. The van der Waals surface area contributed by atoms with Crippen LogP contribution in [-0.4, -0.2) is 41.9 Å². The third kappa shape index (κ3) is 4.00. The largest absolute Gasteiger partial charge is 0.291 e. The van der Waals surface area contributed by atoms with Crippen LogP contribution < -0.4 is 4.72 Å². The van der Waals surface area contributed by atoms with Crippen molar-refractivity contribution in [3.05, 3.63) is 53.6 Å². The molecule has 3 rings (SSSR count). The van der Waals surface area contributed by atoms with E-state index in [1.807, 2.05) is 16.8 Å². The molecule has 0 saturated carbocycles. The van der Waals surface area contributed by atoms with Crippen LogP contribution in [0.2, 0.25) is 0 Å². The minimum absolute atomic E-state index is 0.0543. The van der Waals surface area contributed by atoms with Crippen LogP contribution in [0, 0.1) is 5.82 Å². The van der Waals surface area contributed by atoms with E-state index in [0.717, 1.165) is 11.3 Å². The second kappa shape index (κ2) is 7.00. The zero-order valence-electron chi connectivity index (χ0n) is 13.5. The van der Waals surface area contributed by atoms with Crippen molar-refractivity contribution in [1.82, 2.24) is 19.4 Å². The highest BCUT2D eigenvalue weighted by atomic mass is 32.2. The third-order valence-corrected chi connectivity index (χ3v) is 5.53. The predicted molar refractivity (Wildman–Crippen MR) is 89.2 cm³/mol. The van der Waals surface area contributed by atoms with Crippen LogP contribution in [0.4, 0.5) is 4.39 Å². The van der Waals surface area contributed by atoms with Crippen molar-refractivity contribution >= 4 is 10.0 Å². The molecule has 0 amide bonds. The molecule has 2 aromatic rings. The standard InChI is InChI=1S/C16H21FN4O2S/c1-2-24(22,23)19-9-16-12-20(11-15-6-7-18-21(15)16)10-13-4-3-5-14(17)8-13/h3-8,16,19H,2,9-12H2,1H3/t16-/m0/s1. The Morgan fingerprint density at radius 1 is 1.38 bits per heavy atom. The first-order valence-corrected chi connectivity index (χ1v) is 9.58. The second-order valence-electron chi connectivity index (χ2n) is 5.97. The summed E-state index contributed by atoms with van der Waals surface area (Å²) in [7, 11) is -3.25. The minimum Gasteiger partial charge on any atom is -0.291 e. The lowest BCUT2D eigenvalue weighted by atomic mass is 10.1. The maximum atomic E-state index is 13.4. The normalized spacial score (nSPS) is 18.5. The number of halogens is 1. The number of rotatable bonds is 6. The van der Waals surface area contributed by atoms with Gasteiger partial charge in [0.15, 0.2) is 0 Å². The summed E-state index contributed by atoms with van der Waals surface area (Å²) in [5, 5.41) is 4.32. The Morgan fingerprint density at radius 2 is 2.21 bits per heavy atom. The van der Waals surface area contributed by atoms with E-state index in [2.05, 4.69) is 14.7 Å². The predicted octanol–water partition coefficient (Wildman–Crippen LogP) is 1.52. The van der Waals surface area contributed by atoms with Crippen LogP contribution in [0.1, 0.15) is 24.2 Å². The molecular weight excluding hydrogens is 331 g/mol. The Labute approximate surface area is 141 Å². The fraction of sp³-hybridized carbons (Fsp3) is 0.438. The van der Waals surface area contributed by atoms with Gasteiger partial charge in [-0.25, -0.2) is 17.5 Å². The van der Waals surface area contributed by atoms with Crippen molar-refractivity contribution in [3.8, 4) is 0 Å². The first-order chi connectivity index (χ1) is 11.5. The quantitative estimate of drug-likeness (QED) is 0.856. The van der Waals surface area contributed by atoms with Gasteiger partial charge in [-0.3, -0.25) is 9.58 Å². The van der Waals surface area contributed by atoms with Crippen molar-refractivity contribution in [1.29, 1.82) is 0 Å². The summed E-state index contributed by atoms with van der Waals surface area (Å²) in [4.78, 5) is 2.18. The van der Waals surface area contributed by atoms with Gasteiger partial charge in [0, 0.05) is 32.4 Å². The molecular formula is C16H21FN4O2S. The van der Waals surface area contributed by atoms with E-state index in [-0.39, 0.29) is 17.6 Å². The van der Waals surface area contributed by atoms with Gasteiger partial charge in [-0.15, -0.1) is 0 Å². The Morgan fingerprint density at radius 3 is 2.96 bits per heavy atom. The van der Waals surface area contributed by atoms with Crippen molar-refractivity contribution in [2.45, 2.75) is 26.1 Å². The monoisotopic (exact) mass is 352 g/mol. The van der Waals surface area contributed by atoms with Gasteiger partial charge in [-0.1, -0.05) is 12.1 Å². The lowest BCUT2D eigenvalue weighted by Gasteiger charge is -2.34. The molecule has 1 aliphatic rings. The van der Waals surface area contributed by atoms with Gasteiger partial charge in [-0.05, 0) is 30.7 Å². The number of nitrogens with one attached hydrogen (secondary N) is 1. The fourth-order valence-electron chi connectivity index (χ4n) is 2.95. The highest BCUT2D eigenvalue weighted by molar-refractivity contribution is 7.89. The average molecular weight is 352 g/mol. The van der Waals surface area contributed by atoms with E-state index in [1.165, 1.54) is 12.1 Å². The van der Waals surface area contributed by atoms with Crippen LogP contribution in [0.3, 0.4) is 0 Å². The van der Waals surface area contributed by atoms with Gasteiger partial charge in [0.05, 0.1) is 17.5 Å². The Hall–Kier alpha value is -1.77. The number of benzene rings is 1. The van der Waals surface area contributed by atoms with Gasteiger partial charge >= 0.3 is 0 Å². The lowest BCUT2D eigenvalue weighted by Crippen LogP contribution is -2.42. The zero-order valence-corrected chi connectivity index (χ0v) is 14.3. The third-order valence-electron chi connectivity index (χ3n) is 4.17. The summed E-state index contributed by atoms with van der Waals surface area (Å²) >= 11 is 0. The van der Waals surface area contributed by atoms with Crippen molar-refractivity contribution < 1.29 is 12.8 Å². The molecule has 0 bridgehead atoms. The minimum atomic E-state index is -3.25. The molecule has 130 valence electrons. The van der Waals surface area contributed by atoms with Crippen LogP contribution in [0.15, 0.2) is 36.5 Å². The van der Waals surface area contributed by atoms with E-state index in [1.54, 1.807) is 19.2 Å². The number of nitrogens with zero attached hydrogens (tertiary/aromatic N) is 3. The Bertz CT molecular complexity index is 806. The van der Waals surface area contributed by atoms with E-state index in [4.69, 9.17) is 0 Å². The van der Waals surface area contributed by atoms with Crippen LogP contribution >= 0.6 is 0 Å². The van der Waals surface area contributed by atoms with Crippen LogP contribution in [0.5, 0.6) is 0 Å². The fourth-order valence-corrected chi connectivity index (χ4v) is 3.61. The summed E-state index contributed by atoms with van der Waals surface area (Å²) < 4.78 is 41.3. The SMILES string of the molecule is CCS(=O)(=O)NC[C@H]1CN(Cc2cccc(F)c2)Cc2ccnn21. The number of hydrogen-bond donors (Lipinski definition) is 1.